The van der Waals surface area contributed by atoms with Gasteiger partial charge in [0.05, 0.1) is 16.4 Å². The normalized spacial score (nSPS) is 12.5. The molecule has 1 atom stereocenters. The summed E-state index contributed by atoms with van der Waals surface area (Å²) < 4.78 is 5.21. The standard InChI is InChI=1S/C16H26ClN3O2/c1-11(10-18-15(21)22-16(2,3)4)19-13-9-7-8-12(17)14(13)20(5)6/h7-9,11,19H,10H2,1-6H3,(H,18,21). The van der Waals surface area contributed by atoms with Gasteiger partial charge >= 0.3 is 6.09 Å². The second-order valence-corrected chi connectivity index (χ2v) is 6.87. The molecule has 0 bridgehead atoms. The van der Waals surface area contributed by atoms with E-state index in [0.29, 0.717) is 11.6 Å². The van der Waals surface area contributed by atoms with Crippen LogP contribution in [0.4, 0.5) is 16.2 Å². The van der Waals surface area contributed by atoms with Crippen molar-refractivity contribution in [2.24, 2.45) is 0 Å². The maximum atomic E-state index is 11.7. The van der Waals surface area contributed by atoms with Crippen LogP contribution in [0.25, 0.3) is 0 Å². The molecular formula is C16H26ClN3O2. The maximum absolute atomic E-state index is 11.7. The van der Waals surface area contributed by atoms with Crippen LogP contribution in [-0.2, 0) is 4.74 Å². The number of carbonyl (C=O) groups excluding carboxylic acids is 1. The van der Waals surface area contributed by atoms with Crippen LogP contribution >= 0.6 is 11.6 Å². The molecule has 0 spiro atoms. The van der Waals surface area contributed by atoms with E-state index >= 15 is 0 Å². The second-order valence-electron chi connectivity index (χ2n) is 6.46. The van der Waals surface area contributed by atoms with Gasteiger partial charge in [-0.05, 0) is 39.8 Å². The Morgan fingerprint density at radius 2 is 2.00 bits per heavy atom. The Kier molecular flexibility index (Phi) is 6.35. The molecule has 2 N–H and O–H groups in total. The van der Waals surface area contributed by atoms with Gasteiger partial charge in [0.1, 0.15) is 5.60 Å². The van der Waals surface area contributed by atoms with E-state index in [2.05, 4.69) is 10.6 Å². The molecule has 0 aromatic heterocycles. The number of para-hydroxylation sites is 1. The fourth-order valence-corrected chi connectivity index (χ4v) is 2.30. The summed E-state index contributed by atoms with van der Waals surface area (Å²) in [5.41, 5.74) is 1.36. The molecule has 0 aliphatic rings. The van der Waals surface area contributed by atoms with Gasteiger partial charge in [0.2, 0.25) is 0 Å². The molecule has 124 valence electrons. The lowest BCUT2D eigenvalue weighted by atomic mass is 10.2. The van der Waals surface area contributed by atoms with E-state index in [1.165, 1.54) is 0 Å². The van der Waals surface area contributed by atoms with Gasteiger partial charge in [-0.15, -0.1) is 0 Å². The third-order valence-electron chi connectivity index (χ3n) is 2.79. The molecule has 1 aromatic rings. The van der Waals surface area contributed by atoms with E-state index in [1.54, 1.807) is 0 Å². The zero-order chi connectivity index (χ0) is 16.9. The first-order chi connectivity index (χ1) is 10.1. The van der Waals surface area contributed by atoms with Crippen LogP contribution in [0.3, 0.4) is 0 Å². The number of alkyl carbamates (subject to hydrolysis) is 1. The first kappa shape index (κ1) is 18.4. The van der Waals surface area contributed by atoms with Crippen molar-refractivity contribution in [1.29, 1.82) is 0 Å². The highest BCUT2D eigenvalue weighted by Gasteiger charge is 2.17. The monoisotopic (exact) mass is 327 g/mol. The van der Waals surface area contributed by atoms with Crippen LogP contribution in [0.2, 0.25) is 5.02 Å². The van der Waals surface area contributed by atoms with Gasteiger partial charge in [-0.2, -0.15) is 0 Å². The van der Waals surface area contributed by atoms with Crippen LogP contribution in [0, 0.1) is 0 Å². The number of nitrogens with zero attached hydrogens (tertiary/aromatic N) is 1. The molecule has 1 rings (SSSR count). The number of hydrogen-bond donors (Lipinski definition) is 2. The van der Waals surface area contributed by atoms with Crippen molar-refractivity contribution in [1.82, 2.24) is 5.32 Å². The maximum Gasteiger partial charge on any atom is 0.407 e. The number of ether oxygens (including phenoxy) is 1. The lowest BCUT2D eigenvalue weighted by Gasteiger charge is -2.24. The summed E-state index contributed by atoms with van der Waals surface area (Å²) in [4.78, 5) is 13.6. The molecule has 5 nitrogen and oxygen atoms in total. The third-order valence-corrected chi connectivity index (χ3v) is 3.09. The largest absolute Gasteiger partial charge is 0.444 e. The molecular weight excluding hydrogens is 302 g/mol. The number of carbonyl (C=O) groups is 1. The lowest BCUT2D eigenvalue weighted by molar-refractivity contribution is 0.0526. The lowest BCUT2D eigenvalue weighted by Crippen LogP contribution is -2.38. The topological polar surface area (TPSA) is 53.6 Å². The molecule has 0 aliphatic carbocycles. The first-order valence-corrected chi connectivity index (χ1v) is 7.67. The fourth-order valence-electron chi connectivity index (χ4n) is 1.95. The molecule has 1 amide bonds. The summed E-state index contributed by atoms with van der Waals surface area (Å²) >= 11 is 6.24. The van der Waals surface area contributed by atoms with E-state index in [4.69, 9.17) is 16.3 Å². The summed E-state index contributed by atoms with van der Waals surface area (Å²) in [6.07, 6.45) is -0.417. The molecule has 0 saturated carbocycles. The summed E-state index contributed by atoms with van der Waals surface area (Å²) in [5.74, 6) is 0. The highest BCUT2D eigenvalue weighted by Crippen LogP contribution is 2.32. The fraction of sp³-hybridized carbons (Fsp3) is 0.562. The molecule has 0 fully saturated rings. The minimum atomic E-state index is -0.494. The Morgan fingerprint density at radius 1 is 1.36 bits per heavy atom. The SMILES string of the molecule is CC(CNC(=O)OC(C)(C)C)Nc1cccc(Cl)c1N(C)C. The zero-order valence-electron chi connectivity index (χ0n) is 14.2. The van der Waals surface area contributed by atoms with Crippen LogP contribution in [0.5, 0.6) is 0 Å². The summed E-state index contributed by atoms with van der Waals surface area (Å²) in [7, 11) is 3.88. The average Bonchev–Trinajstić information content (AvgIpc) is 2.34. The van der Waals surface area contributed by atoms with E-state index in [1.807, 2.05) is 64.9 Å². The van der Waals surface area contributed by atoms with Crippen molar-refractivity contribution in [2.45, 2.75) is 39.3 Å². The number of halogens is 1. The molecule has 0 radical (unpaired) electrons. The van der Waals surface area contributed by atoms with Crippen LogP contribution in [-0.4, -0.2) is 38.4 Å². The van der Waals surface area contributed by atoms with Crippen molar-refractivity contribution >= 4 is 29.1 Å². The van der Waals surface area contributed by atoms with Crippen molar-refractivity contribution in [3.8, 4) is 0 Å². The summed E-state index contributed by atoms with van der Waals surface area (Å²) in [6.45, 7) is 7.95. The van der Waals surface area contributed by atoms with Crippen molar-refractivity contribution < 1.29 is 9.53 Å². The van der Waals surface area contributed by atoms with Gasteiger partial charge in [0.25, 0.3) is 0 Å². The van der Waals surface area contributed by atoms with E-state index < -0.39 is 11.7 Å². The first-order valence-electron chi connectivity index (χ1n) is 7.29. The van der Waals surface area contributed by atoms with Gasteiger partial charge in [-0.1, -0.05) is 17.7 Å². The minimum Gasteiger partial charge on any atom is -0.444 e. The highest BCUT2D eigenvalue weighted by molar-refractivity contribution is 6.34. The third kappa shape index (κ3) is 6.02. The van der Waals surface area contributed by atoms with Crippen LogP contribution in [0.15, 0.2) is 18.2 Å². The number of benzene rings is 1. The smallest absolute Gasteiger partial charge is 0.407 e. The van der Waals surface area contributed by atoms with Crippen molar-refractivity contribution in [3.63, 3.8) is 0 Å². The van der Waals surface area contributed by atoms with Gasteiger partial charge in [0.15, 0.2) is 0 Å². The molecule has 1 unspecified atom stereocenters. The number of anilines is 2. The summed E-state index contributed by atoms with van der Waals surface area (Å²) in [6, 6.07) is 5.74. The predicted molar refractivity (Wildman–Crippen MR) is 93.1 cm³/mol. The molecule has 0 saturated heterocycles. The Morgan fingerprint density at radius 3 is 2.55 bits per heavy atom. The number of nitrogens with one attached hydrogen (secondary N) is 2. The molecule has 22 heavy (non-hydrogen) atoms. The average molecular weight is 328 g/mol. The molecule has 6 heteroatoms. The van der Waals surface area contributed by atoms with Crippen molar-refractivity contribution in [3.05, 3.63) is 23.2 Å². The predicted octanol–water partition coefficient (Wildman–Crippen LogP) is 3.73. The van der Waals surface area contributed by atoms with E-state index in [-0.39, 0.29) is 6.04 Å². The zero-order valence-corrected chi connectivity index (χ0v) is 14.9. The molecule has 0 heterocycles. The van der Waals surface area contributed by atoms with Crippen LogP contribution in [0.1, 0.15) is 27.7 Å². The van der Waals surface area contributed by atoms with Gasteiger partial charge in [-0.3, -0.25) is 0 Å². The molecule has 0 aliphatic heterocycles. The Hall–Kier alpha value is -1.62. The van der Waals surface area contributed by atoms with E-state index in [9.17, 15) is 4.79 Å². The Labute approximate surface area is 138 Å². The minimum absolute atomic E-state index is 0.0321. The quantitative estimate of drug-likeness (QED) is 0.865. The van der Waals surface area contributed by atoms with E-state index in [0.717, 1.165) is 11.4 Å². The molecule has 1 aromatic carbocycles. The number of rotatable bonds is 5. The van der Waals surface area contributed by atoms with Gasteiger partial charge in [0, 0.05) is 26.7 Å². The highest BCUT2D eigenvalue weighted by atomic mass is 35.5. The van der Waals surface area contributed by atoms with Gasteiger partial charge in [-0.25, -0.2) is 4.79 Å². The number of hydrogen-bond acceptors (Lipinski definition) is 4. The van der Waals surface area contributed by atoms with Crippen LogP contribution < -0.4 is 15.5 Å². The second kappa shape index (κ2) is 7.58. The Bertz CT molecular complexity index is 513. The summed E-state index contributed by atoms with van der Waals surface area (Å²) in [5, 5.41) is 6.79. The Balaban J connectivity index is 2.61. The number of amides is 1. The van der Waals surface area contributed by atoms with Crippen molar-refractivity contribution in [2.75, 3.05) is 30.9 Å². The van der Waals surface area contributed by atoms with Gasteiger partial charge < -0.3 is 20.3 Å².